The average molecular weight is 404 g/mol. The summed E-state index contributed by atoms with van der Waals surface area (Å²) in [7, 11) is 1.65. The number of para-hydroxylation sites is 2. The van der Waals surface area contributed by atoms with E-state index in [-0.39, 0.29) is 11.9 Å². The van der Waals surface area contributed by atoms with Crippen molar-refractivity contribution < 1.29 is 9.53 Å². The molecular formula is C25H29N3O2. The van der Waals surface area contributed by atoms with Crippen LogP contribution in [-0.2, 0) is 0 Å². The van der Waals surface area contributed by atoms with E-state index in [9.17, 15) is 4.79 Å². The van der Waals surface area contributed by atoms with Gasteiger partial charge >= 0.3 is 0 Å². The lowest BCUT2D eigenvalue weighted by atomic mass is 9.78. The van der Waals surface area contributed by atoms with Crippen LogP contribution < -0.4 is 15.4 Å². The molecule has 0 unspecified atom stereocenters. The van der Waals surface area contributed by atoms with Gasteiger partial charge in [-0.2, -0.15) is 0 Å². The second kappa shape index (κ2) is 8.74. The van der Waals surface area contributed by atoms with Crippen LogP contribution in [-0.4, -0.2) is 24.0 Å². The molecule has 0 aliphatic heterocycles. The first kappa shape index (κ1) is 20.2. The van der Waals surface area contributed by atoms with E-state index in [2.05, 4.69) is 29.5 Å². The summed E-state index contributed by atoms with van der Waals surface area (Å²) in [6.45, 7) is 4.52. The number of pyridine rings is 1. The van der Waals surface area contributed by atoms with Crippen molar-refractivity contribution in [2.45, 2.75) is 39.2 Å². The minimum Gasteiger partial charge on any atom is -0.495 e. The largest absolute Gasteiger partial charge is 0.495 e. The van der Waals surface area contributed by atoms with Gasteiger partial charge in [0.05, 0.1) is 18.4 Å². The highest BCUT2D eigenvalue weighted by atomic mass is 16.5. The van der Waals surface area contributed by atoms with Crippen molar-refractivity contribution in [2.75, 3.05) is 12.4 Å². The number of amides is 1. The molecule has 4 rings (SSSR count). The van der Waals surface area contributed by atoms with Gasteiger partial charge in [0.25, 0.3) is 5.91 Å². The summed E-state index contributed by atoms with van der Waals surface area (Å²) in [6, 6.07) is 15.8. The molecule has 30 heavy (non-hydrogen) atoms. The van der Waals surface area contributed by atoms with Crippen molar-refractivity contribution in [3.8, 4) is 5.75 Å². The predicted octanol–water partition coefficient (Wildman–Crippen LogP) is 5.54. The van der Waals surface area contributed by atoms with Crippen LogP contribution in [0, 0.1) is 11.8 Å². The van der Waals surface area contributed by atoms with Gasteiger partial charge in [0.2, 0.25) is 0 Å². The molecule has 5 heteroatoms. The van der Waals surface area contributed by atoms with Crippen LogP contribution in [0.5, 0.6) is 5.75 Å². The Morgan fingerprint density at radius 2 is 1.77 bits per heavy atom. The highest BCUT2D eigenvalue weighted by Gasteiger charge is 2.29. The van der Waals surface area contributed by atoms with Crippen molar-refractivity contribution >= 4 is 28.2 Å². The molecule has 156 valence electrons. The van der Waals surface area contributed by atoms with Gasteiger partial charge in [-0.15, -0.1) is 0 Å². The van der Waals surface area contributed by atoms with Gasteiger partial charge in [-0.25, -0.2) is 4.98 Å². The van der Waals surface area contributed by atoms with Crippen LogP contribution in [0.4, 0.5) is 11.5 Å². The molecule has 1 aliphatic carbocycles. The number of nitrogens with zero attached hydrogens (tertiary/aromatic N) is 1. The second-order valence-corrected chi connectivity index (χ2v) is 8.24. The standard InChI is InChI=1S/C25H29N3O2/c1-16-9-8-13-21(17(16)2)28-25(29)20-15-26-24(19-11-5-4-10-18(19)20)27-22-12-6-7-14-23(22)30-3/h4-7,10-12,14-17,21H,8-9,13H2,1-3H3,(H,26,27)(H,28,29)/t16-,17-,21+/m0/s1. The van der Waals surface area contributed by atoms with Crippen molar-refractivity contribution in [1.82, 2.24) is 10.3 Å². The van der Waals surface area contributed by atoms with Gasteiger partial charge in [-0.05, 0) is 35.8 Å². The fourth-order valence-electron chi connectivity index (χ4n) is 4.38. The van der Waals surface area contributed by atoms with E-state index < -0.39 is 0 Å². The van der Waals surface area contributed by atoms with Crippen molar-refractivity contribution in [3.63, 3.8) is 0 Å². The maximum atomic E-state index is 13.2. The molecule has 1 heterocycles. The molecule has 0 saturated heterocycles. The highest BCUT2D eigenvalue weighted by Crippen LogP contribution is 2.32. The smallest absolute Gasteiger partial charge is 0.253 e. The molecular weight excluding hydrogens is 374 g/mol. The summed E-state index contributed by atoms with van der Waals surface area (Å²) in [5.41, 5.74) is 1.45. The maximum Gasteiger partial charge on any atom is 0.253 e. The third-order valence-corrected chi connectivity index (χ3v) is 6.42. The summed E-state index contributed by atoms with van der Waals surface area (Å²) >= 11 is 0. The number of carbonyl (C=O) groups is 1. The lowest BCUT2D eigenvalue weighted by molar-refractivity contribution is 0.0892. The Morgan fingerprint density at radius 1 is 1.03 bits per heavy atom. The zero-order valence-electron chi connectivity index (χ0n) is 17.8. The summed E-state index contributed by atoms with van der Waals surface area (Å²) in [5.74, 6) is 2.50. The number of benzene rings is 2. The Bertz CT molecular complexity index is 1050. The number of fused-ring (bicyclic) bond motifs is 1. The molecule has 1 saturated carbocycles. The number of rotatable bonds is 5. The summed E-state index contributed by atoms with van der Waals surface area (Å²) in [5, 5.41) is 8.43. The van der Waals surface area contributed by atoms with Gasteiger partial charge in [0, 0.05) is 17.6 Å². The number of anilines is 2. The van der Waals surface area contributed by atoms with E-state index in [4.69, 9.17) is 4.74 Å². The van der Waals surface area contributed by atoms with Crippen molar-refractivity contribution in [3.05, 3.63) is 60.3 Å². The average Bonchev–Trinajstić information content (AvgIpc) is 2.77. The number of ether oxygens (including phenoxy) is 1. The number of hydrogen-bond donors (Lipinski definition) is 2. The monoisotopic (exact) mass is 403 g/mol. The van der Waals surface area contributed by atoms with Crippen LogP contribution in [0.15, 0.2) is 54.7 Å². The molecule has 3 atom stereocenters. The second-order valence-electron chi connectivity index (χ2n) is 8.24. The predicted molar refractivity (Wildman–Crippen MR) is 121 cm³/mol. The van der Waals surface area contributed by atoms with Gasteiger partial charge in [0.1, 0.15) is 11.6 Å². The fourth-order valence-corrected chi connectivity index (χ4v) is 4.38. The normalized spacial score (nSPS) is 21.2. The summed E-state index contributed by atoms with van der Waals surface area (Å²) in [6.07, 6.45) is 5.11. The molecule has 0 radical (unpaired) electrons. The Hall–Kier alpha value is -3.08. The van der Waals surface area contributed by atoms with Crippen LogP contribution in [0.25, 0.3) is 10.8 Å². The summed E-state index contributed by atoms with van der Waals surface area (Å²) < 4.78 is 5.44. The van der Waals surface area contributed by atoms with Crippen LogP contribution in [0.1, 0.15) is 43.5 Å². The number of methoxy groups -OCH3 is 1. The maximum absolute atomic E-state index is 13.2. The van der Waals surface area contributed by atoms with E-state index in [0.29, 0.717) is 23.2 Å². The molecule has 0 spiro atoms. The third kappa shape index (κ3) is 3.97. The molecule has 5 nitrogen and oxygen atoms in total. The molecule has 1 aliphatic rings. The van der Waals surface area contributed by atoms with E-state index >= 15 is 0 Å². The molecule has 1 amide bonds. The number of carbonyl (C=O) groups excluding carboxylic acids is 1. The highest BCUT2D eigenvalue weighted by molar-refractivity contribution is 6.09. The zero-order valence-corrected chi connectivity index (χ0v) is 17.8. The van der Waals surface area contributed by atoms with Gasteiger partial charge in [-0.1, -0.05) is 63.1 Å². The van der Waals surface area contributed by atoms with Gasteiger partial charge in [0.15, 0.2) is 0 Å². The van der Waals surface area contributed by atoms with Crippen molar-refractivity contribution in [1.29, 1.82) is 0 Å². The number of hydrogen-bond acceptors (Lipinski definition) is 4. The first-order valence-corrected chi connectivity index (χ1v) is 10.7. The first-order chi connectivity index (χ1) is 14.6. The Morgan fingerprint density at radius 3 is 2.57 bits per heavy atom. The Kier molecular flexibility index (Phi) is 5.88. The molecule has 1 fully saturated rings. The van der Waals surface area contributed by atoms with Crippen LogP contribution >= 0.6 is 0 Å². The van der Waals surface area contributed by atoms with E-state index in [0.717, 1.165) is 35.1 Å². The van der Waals surface area contributed by atoms with Crippen LogP contribution in [0.3, 0.4) is 0 Å². The SMILES string of the molecule is COc1ccccc1Nc1ncc(C(=O)N[C@@H]2CCC[C@H](C)[C@@H]2C)c2ccccc12. The molecule has 2 aromatic carbocycles. The lowest BCUT2D eigenvalue weighted by Gasteiger charge is -2.34. The molecule has 1 aromatic heterocycles. The molecule has 2 N–H and O–H groups in total. The quantitative estimate of drug-likeness (QED) is 0.587. The Labute approximate surface area is 177 Å². The number of nitrogens with one attached hydrogen (secondary N) is 2. The lowest BCUT2D eigenvalue weighted by Crippen LogP contribution is -2.43. The molecule has 0 bridgehead atoms. The van der Waals surface area contributed by atoms with E-state index in [1.807, 2.05) is 48.5 Å². The fraction of sp³-hybridized carbons (Fsp3) is 0.360. The summed E-state index contributed by atoms with van der Waals surface area (Å²) in [4.78, 5) is 17.8. The van der Waals surface area contributed by atoms with Gasteiger partial charge in [-0.3, -0.25) is 4.79 Å². The van der Waals surface area contributed by atoms with E-state index in [1.165, 1.54) is 6.42 Å². The van der Waals surface area contributed by atoms with Gasteiger partial charge < -0.3 is 15.4 Å². The zero-order chi connectivity index (χ0) is 21.1. The Balaban J connectivity index is 1.64. The van der Waals surface area contributed by atoms with Crippen LogP contribution in [0.2, 0.25) is 0 Å². The minimum atomic E-state index is -0.0477. The number of aromatic nitrogens is 1. The minimum absolute atomic E-state index is 0.0477. The topological polar surface area (TPSA) is 63.2 Å². The van der Waals surface area contributed by atoms with E-state index in [1.54, 1.807) is 13.3 Å². The first-order valence-electron chi connectivity index (χ1n) is 10.7. The molecule has 3 aromatic rings. The third-order valence-electron chi connectivity index (χ3n) is 6.42. The van der Waals surface area contributed by atoms with Crippen molar-refractivity contribution in [2.24, 2.45) is 11.8 Å².